The Morgan fingerprint density at radius 3 is 0.654 bits per heavy atom. The van der Waals surface area contributed by atoms with Gasteiger partial charge in [-0.3, -0.25) is 0 Å². The molecule has 0 saturated heterocycles. The van der Waals surface area contributed by atoms with E-state index in [0.29, 0.717) is 43.3 Å². The molecule has 4 aliphatic carbocycles. The number of rotatable bonds is 4. The van der Waals surface area contributed by atoms with Crippen LogP contribution in [0.4, 0.5) is 0 Å². The molecule has 312 valence electrons. The van der Waals surface area contributed by atoms with E-state index in [4.69, 9.17) is 0 Å². The van der Waals surface area contributed by atoms with Crippen LogP contribution >= 0.6 is 0 Å². The molecule has 4 saturated carbocycles. The van der Waals surface area contributed by atoms with Gasteiger partial charge >= 0.3 is 0 Å². The Hall–Kier alpha value is 0. The Morgan fingerprint density at radius 2 is 0.519 bits per heavy atom. The SMILES string of the molecule is CC(C)(C)CC1CC(C(C)(C)C)C1.CC(C)(C)CC1CC(C(C)(C)C)C1.CC(C)(C)CC1CCC1C(C)(C)C.CC(C)(C)CC1CCC1C(C)(C)C. The van der Waals surface area contributed by atoms with Crippen LogP contribution in [0.2, 0.25) is 0 Å². The molecule has 0 heterocycles. The Balaban J connectivity index is 0.000000347. The van der Waals surface area contributed by atoms with E-state index in [2.05, 4.69) is 166 Å². The molecule has 0 aromatic carbocycles. The first-order chi connectivity index (χ1) is 22.8. The molecule has 4 unspecified atom stereocenters. The van der Waals surface area contributed by atoms with E-state index in [1.54, 1.807) is 0 Å². The first kappa shape index (κ1) is 50.0. The molecule has 4 atom stereocenters. The summed E-state index contributed by atoms with van der Waals surface area (Å²) >= 11 is 0. The predicted molar refractivity (Wildman–Crippen MR) is 239 cm³/mol. The standard InChI is InChI=1S/4C13H26/c2*1-12(2,3)9-10-7-11(8-10)13(4,5)6;2*1-12(2,3)9-10-7-8-11(10)13(4,5)6/h4*10-11H,7-9H2,1-6H3. The zero-order chi connectivity index (χ0) is 41.1. The Morgan fingerprint density at radius 1 is 0.288 bits per heavy atom. The molecule has 52 heavy (non-hydrogen) atoms. The van der Waals surface area contributed by atoms with Crippen molar-refractivity contribution in [1.82, 2.24) is 0 Å². The maximum absolute atomic E-state index is 2.40. The first-order valence-electron chi connectivity index (χ1n) is 22.8. The van der Waals surface area contributed by atoms with Crippen molar-refractivity contribution >= 4 is 0 Å². The molecule has 0 aromatic rings. The highest BCUT2D eigenvalue weighted by Crippen LogP contribution is 2.52. The van der Waals surface area contributed by atoms with Crippen molar-refractivity contribution < 1.29 is 0 Å². The van der Waals surface area contributed by atoms with Gasteiger partial charge < -0.3 is 0 Å². The summed E-state index contributed by atoms with van der Waals surface area (Å²) in [5.74, 6) is 7.96. The molecule has 0 aliphatic heterocycles. The smallest absolute Gasteiger partial charge is 0.0337 e. The van der Waals surface area contributed by atoms with Crippen LogP contribution in [0.5, 0.6) is 0 Å². The van der Waals surface area contributed by atoms with Crippen LogP contribution in [0.15, 0.2) is 0 Å². The lowest BCUT2D eigenvalue weighted by Gasteiger charge is -2.47. The van der Waals surface area contributed by atoms with Crippen LogP contribution in [0.25, 0.3) is 0 Å². The van der Waals surface area contributed by atoms with Gasteiger partial charge in [0.05, 0.1) is 0 Å². The van der Waals surface area contributed by atoms with E-state index in [1.807, 2.05) is 0 Å². The lowest BCUT2D eigenvalue weighted by Crippen LogP contribution is -2.38. The van der Waals surface area contributed by atoms with Crippen molar-refractivity contribution in [1.29, 1.82) is 0 Å². The maximum Gasteiger partial charge on any atom is -0.0337 e. The fourth-order valence-corrected chi connectivity index (χ4v) is 10.4. The predicted octanol–water partition coefficient (Wildman–Crippen LogP) is 18.0. The molecule has 0 nitrogen and oxygen atoms in total. The average Bonchev–Trinajstić information content (AvgIpc) is 2.74. The monoisotopic (exact) mass is 729 g/mol. The van der Waals surface area contributed by atoms with Gasteiger partial charge in [0, 0.05) is 0 Å². The molecule has 0 radical (unpaired) electrons. The Bertz CT molecular complexity index is 902. The minimum atomic E-state index is 0.522. The van der Waals surface area contributed by atoms with Crippen molar-refractivity contribution in [3.05, 3.63) is 0 Å². The van der Waals surface area contributed by atoms with E-state index >= 15 is 0 Å². The van der Waals surface area contributed by atoms with Crippen LogP contribution in [0.3, 0.4) is 0 Å². The zero-order valence-corrected chi connectivity index (χ0v) is 41.1. The minimum absolute atomic E-state index is 0.522. The third kappa shape index (κ3) is 19.7. The van der Waals surface area contributed by atoms with Crippen LogP contribution in [0, 0.1) is 90.7 Å². The summed E-state index contributed by atoms with van der Waals surface area (Å²) in [5.41, 5.74) is 4.29. The third-order valence-electron chi connectivity index (χ3n) is 13.5. The number of hydrogen-bond donors (Lipinski definition) is 0. The van der Waals surface area contributed by atoms with Crippen molar-refractivity contribution in [2.45, 2.75) is 243 Å². The molecule has 4 aliphatic rings. The Kier molecular flexibility index (Phi) is 17.4. The summed E-state index contributed by atoms with van der Waals surface area (Å²) in [5, 5.41) is 0. The van der Waals surface area contributed by atoms with E-state index in [9.17, 15) is 0 Å². The highest BCUT2D eigenvalue weighted by atomic mass is 14.5. The van der Waals surface area contributed by atoms with Gasteiger partial charge in [0.25, 0.3) is 0 Å². The van der Waals surface area contributed by atoms with Gasteiger partial charge in [-0.1, -0.05) is 166 Å². The summed E-state index contributed by atoms with van der Waals surface area (Å²) < 4.78 is 0. The fraction of sp³-hybridized carbons (Fsp3) is 1.00. The van der Waals surface area contributed by atoms with Gasteiger partial charge in [0.1, 0.15) is 0 Å². The van der Waals surface area contributed by atoms with Crippen molar-refractivity contribution in [3.8, 4) is 0 Å². The summed E-state index contributed by atoms with van der Waals surface area (Å²) in [4.78, 5) is 0. The molecular weight excluding hydrogens is 625 g/mol. The second-order valence-electron chi connectivity index (χ2n) is 28.5. The molecule has 0 amide bonds. The second-order valence-corrected chi connectivity index (χ2v) is 28.5. The summed E-state index contributed by atoms with van der Waals surface area (Å²) in [6.07, 6.45) is 17.4. The normalized spacial score (nSPS) is 30.0. The second kappa shape index (κ2) is 18.1. The van der Waals surface area contributed by atoms with Crippen molar-refractivity contribution in [2.75, 3.05) is 0 Å². The fourth-order valence-electron chi connectivity index (χ4n) is 10.4. The summed E-state index contributed by atoms with van der Waals surface area (Å²) in [6, 6.07) is 0. The van der Waals surface area contributed by atoms with Gasteiger partial charge in [-0.05, 0) is 168 Å². The van der Waals surface area contributed by atoms with Crippen molar-refractivity contribution in [2.24, 2.45) is 90.7 Å². The van der Waals surface area contributed by atoms with Crippen LogP contribution in [-0.4, -0.2) is 0 Å². The number of hydrogen-bond acceptors (Lipinski definition) is 0. The first-order valence-corrected chi connectivity index (χ1v) is 22.8. The zero-order valence-electron chi connectivity index (χ0n) is 41.1. The quantitative estimate of drug-likeness (QED) is 0.270. The highest BCUT2D eigenvalue weighted by molar-refractivity contribution is 4.92. The van der Waals surface area contributed by atoms with Gasteiger partial charge in [-0.15, -0.1) is 0 Å². The lowest BCUT2D eigenvalue weighted by molar-refractivity contribution is 0.0282. The molecular formula is C52H104. The topological polar surface area (TPSA) is 0 Å². The molecule has 0 aromatic heterocycles. The highest BCUT2D eigenvalue weighted by Gasteiger charge is 2.42. The van der Waals surface area contributed by atoms with Crippen LogP contribution in [-0.2, 0) is 0 Å². The minimum Gasteiger partial charge on any atom is -0.0602 e. The van der Waals surface area contributed by atoms with E-state index in [-0.39, 0.29) is 0 Å². The molecule has 0 N–H and O–H groups in total. The van der Waals surface area contributed by atoms with Crippen LogP contribution in [0.1, 0.15) is 243 Å². The van der Waals surface area contributed by atoms with Gasteiger partial charge in [0.15, 0.2) is 0 Å². The van der Waals surface area contributed by atoms with Gasteiger partial charge in [-0.2, -0.15) is 0 Å². The molecule has 0 bridgehead atoms. The lowest BCUT2D eigenvalue weighted by atomic mass is 9.58. The van der Waals surface area contributed by atoms with E-state index in [0.717, 1.165) is 47.3 Å². The van der Waals surface area contributed by atoms with E-state index < -0.39 is 0 Å². The van der Waals surface area contributed by atoms with Gasteiger partial charge in [-0.25, -0.2) is 0 Å². The molecule has 0 heteroatoms. The van der Waals surface area contributed by atoms with E-state index in [1.165, 1.54) is 77.0 Å². The third-order valence-corrected chi connectivity index (χ3v) is 13.5. The average molecular weight is 729 g/mol. The molecule has 4 rings (SSSR count). The van der Waals surface area contributed by atoms with Crippen LogP contribution < -0.4 is 0 Å². The molecule has 4 fully saturated rings. The summed E-state index contributed by atoms with van der Waals surface area (Å²) in [6.45, 7) is 57.0. The largest absolute Gasteiger partial charge is 0.0602 e. The van der Waals surface area contributed by atoms with Gasteiger partial charge in [0.2, 0.25) is 0 Å². The Labute approximate surface area is 332 Å². The maximum atomic E-state index is 2.40. The summed E-state index contributed by atoms with van der Waals surface area (Å²) in [7, 11) is 0. The molecule has 0 spiro atoms. The van der Waals surface area contributed by atoms with Crippen molar-refractivity contribution in [3.63, 3.8) is 0 Å².